The molecule has 0 spiro atoms. The molecule has 1 aromatic carbocycles. The van der Waals surface area contributed by atoms with Gasteiger partial charge < -0.3 is 10.5 Å². The fourth-order valence-electron chi connectivity index (χ4n) is 1.51. The molecule has 1 rings (SSSR count). The number of unbranched alkanes of at least 4 members (excludes halogenated alkanes) is 2. The van der Waals surface area contributed by atoms with Gasteiger partial charge in [0.1, 0.15) is 6.61 Å². The van der Waals surface area contributed by atoms with Gasteiger partial charge in [0.05, 0.1) is 0 Å². The van der Waals surface area contributed by atoms with Crippen LogP contribution in [0.1, 0.15) is 25.7 Å². The average Bonchev–Trinajstić information content (AvgIpc) is 2.39. The van der Waals surface area contributed by atoms with Crippen molar-refractivity contribution in [3.05, 3.63) is 29.6 Å². The van der Waals surface area contributed by atoms with E-state index in [0.29, 0.717) is 19.0 Å². The van der Waals surface area contributed by atoms with Gasteiger partial charge in [0.2, 0.25) is 5.82 Å². The van der Waals surface area contributed by atoms with Gasteiger partial charge >= 0.3 is 0 Å². The highest BCUT2D eigenvalue weighted by Gasteiger charge is 2.16. The zero-order chi connectivity index (χ0) is 14.3. The normalized spacial score (nSPS) is 10.5. The number of carbonyl (C=O) groups excluding carboxylic acids is 1. The highest BCUT2D eigenvalue weighted by molar-refractivity contribution is 5.79. The maximum absolute atomic E-state index is 13.2. The van der Waals surface area contributed by atoms with E-state index in [2.05, 4.69) is 0 Å². The topological polar surface area (TPSA) is 52.3 Å². The number of ketones is 1. The molecule has 0 heterocycles. The van der Waals surface area contributed by atoms with E-state index in [0.717, 1.165) is 18.9 Å². The lowest BCUT2D eigenvalue weighted by molar-refractivity contribution is -0.121. The van der Waals surface area contributed by atoms with Crippen molar-refractivity contribution in [2.45, 2.75) is 25.7 Å². The van der Waals surface area contributed by atoms with Crippen molar-refractivity contribution in [3.63, 3.8) is 0 Å². The zero-order valence-electron chi connectivity index (χ0n) is 10.4. The van der Waals surface area contributed by atoms with Crippen molar-refractivity contribution in [3.8, 4) is 5.75 Å². The highest BCUT2D eigenvalue weighted by atomic mass is 19.2. The lowest BCUT2D eigenvalue weighted by Crippen LogP contribution is -2.13. The molecule has 0 bridgehead atoms. The Bertz CT molecular complexity index is 438. The lowest BCUT2D eigenvalue weighted by Gasteiger charge is -2.08. The van der Waals surface area contributed by atoms with E-state index in [1.807, 2.05) is 0 Å². The summed E-state index contributed by atoms with van der Waals surface area (Å²) in [5.74, 6) is -4.81. The van der Waals surface area contributed by atoms with Crippen molar-refractivity contribution in [2.75, 3.05) is 13.2 Å². The van der Waals surface area contributed by atoms with Crippen LogP contribution in [0.5, 0.6) is 5.75 Å². The van der Waals surface area contributed by atoms with Crippen LogP contribution >= 0.6 is 0 Å². The number of carbonyl (C=O) groups is 1. The molecule has 106 valence electrons. The fraction of sp³-hybridized carbons (Fsp3) is 0.462. The second kappa shape index (κ2) is 7.78. The molecule has 0 saturated carbocycles. The van der Waals surface area contributed by atoms with E-state index in [1.165, 1.54) is 0 Å². The van der Waals surface area contributed by atoms with Gasteiger partial charge in [-0.2, -0.15) is 4.39 Å². The first kappa shape index (κ1) is 15.5. The molecule has 0 aliphatic heterocycles. The number of rotatable bonds is 8. The molecule has 0 unspecified atom stereocenters. The summed E-state index contributed by atoms with van der Waals surface area (Å²) < 4.78 is 43.9. The number of nitrogens with two attached hydrogens (primary N) is 1. The summed E-state index contributed by atoms with van der Waals surface area (Å²) in [6.45, 7) is 0.0876. The van der Waals surface area contributed by atoms with Gasteiger partial charge in [-0.1, -0.05) is 6.42 Å². The molecule has 0 amide bonds. The summed E-state index contributed by atoms with van der Waals surface area (Å²) in [5.41, 5.74) is 5.30. The van der Waals surface area contributed by atoms with E-state index in [-0.39, 0.29) is 12.2 Å². The second-order valence-electron chi connectivity index (χ2n) is 4.10. The average molecular weight is 275 g/mol. The lowest BCUT2D eigenvalue weighted by atomic mass is 10.1. The Morgan fingerprint density at radius 3 is 2.47 bits per heavy atom. The van der Waals surface area contributed by atoms with Crippen LogP contribution in [-0.2, 0) is 4.79 Å². The quantitative estimate of drug-likeness (QED) is 0.586. The Hall–Kier alpha value is -1.56. The molecule has 0 radical (unpaired) electrons. The molecular weight excluding hydrogens is 259 g/mol. The molecule has 0 aliphatic carbocycles. The fourth-order valence-corrected chi connectivity index (χ4v) is 1.51. The minimum atomic E-state index is -1.42. The van der Waals surface area contributed by atoms with Crippen LogP contribution in [0.3, 0.4) is 0 Å². The largest absolute Gasteiger partial charge is 0.480 e. The predicted octanol–water partition coefficient (Wildman–Crippen LogP) is 2.57. The van der Waals surface area contributed by atoms with Gasteiger partial charge in [-0.05, 0) is 31.5 Å². The number of benzene rings is 1. The Kier molecular flexibility index (Phi) is 6.35. The van der Waals surface area contributed by atoms with E-state index in [4.69, 9.17) is 10.5 Å². The summed E-state index contributed by atoms with van der Waals surface area (Å²) in [5, 5.41) is 0. The third-order valence-corrected chi connectivity index (χ3v) is 2.54. The van der Waals surface area contributed by atoms with E-state index in [9.17, 15) is 18.0 Å². The summed E-state index contributed by atoms with van der Waals surface area (Å²) in [4.78, 5) is 11.4. The van der Waals surface area contributed by atoms with E-state index < -0.39 is 29.8 Å². The molecule has 2 N–H and O–H groups in total. The van der Waals surface area contributed by atoms with Crippen LogP contribution in [0.25, 0.3) is 0 Å². The van der Waals surface area contributed by atoms with Gasteiger partial charge in [0.25, 0.3) is 0 Å². The summed E-state index contributed by atoms with van der Waals surface area (Å²) in [7, 11) is 0. The van der Waals surface area contributed by atoms with Gasteiger partial charge in [-0.15, -0.1) is 0 Å². The molecule has 0 aliphatic rings. The minimum absolute atomic E-state index is 0.249. The number of hydrogen-bond donors (Lipinski definition) is 1. The Balaban J connectivity index is 2.44. The minimum Gasteiger partial charge on any atom is -0.480 e. The third-order valence-electron chi connectivity index (χ3n) is 2.54. The highest BCUT2D eigenvalue weighted by Crippen LogP contribution is 2.23. The van der Waals surface area contributed by atoms with Crippen LogP contribution in [0, 0.1) is 17.5 Å². The van der Waals surface area contributed by atoms with E-state index in [1.54, 1.807) is 0 Å². The van der Waals surface area contributed by atoms with Crippen molar-refractivity contribution in [1.29, 1.82) is 0 Å². The van der Waals surface area contributed by atoms with Crippen LogP contribution in [0.15, 0.2) is 12.1 Å². The predicted molar refractivity (Wildman–Crippen MR) is 64.3 cm³/mol. The van der Waals surface area contributed by atoms with Gasteiger partial charge in [0, 0.05) is 6.42 Å². The zero-order valence-corrected chi connectivity index (χ0v) is 10.4. The molecule has 6 heteroatoms. The van der Waals surface area contributed by atoms with Crippen LogP contribution in [0.2, 0.25) is 0 Å². The van der Waals surface area contributed by atoms with Gasteiger partial charge in [-0.3, -0.25) is 4.79 Å². The maximum Gasteiger partial charge on any atom is 0.203 e. The van der Waals surface area contributed by atoms with Crippen LogP contribution in [-0.4, -0.2) is 18.9 Å². The number of ether oxygens (including phenoxy) is 1. The monoisotopic (exact) mass is 275 g/mol. The van der Waals surface area contributed by atoms with Crippen molar-refractivity contribution < 1.29 is 22.7 Å². The molecule has 0 atom stereocenters. The summed E-state index contributed by atoms with van der Waals surface area (Å²) in [6, 6.07) is 1.41. The summed E-state index contributed by atoms with van der Waals surface area (Å²) >= 11 is 0. The molecule has 0 saturated heterocycles. The van der Waals surface area contributed by atoms with Gasteiger partial charge in [-0.25, -0.2) is 8.78 Å². The number of hydrogen-bond acceptors (Lipinski definition) is 3. The van der Waals surface area contributed by atoms with Gasteiger partial charge in [0.15, 0.2) is 23.2 Å². The first-order valence-electron chi connectivity index (χ1n) is 6.04. The standard InChI is InChI=1S/C13H16F3NO2/c14-10-5-6-11(15)13(12(10)16)19-8-9(18)4-2-1-3-7-17/h5-6H,1-4,7-8,17H2. The SMILES string of the molecule is NCCCCCC(=O)COc1c(F)ccc(F)c1F. The van der Waals surface area contributed by atoms with Crippen molar-refractivity contribution in [2.24, 2.45) is 5.73 Å². The third kappa shape index (κ3) is 4.90. The Labute approximate surface area is 109 Å². The first-order valence-corrected chi connectivity index (χ1v) is 6.04. The van der Waals surface area contributed by atoms with Crippen LogP contribution in [0.4, 0.5) is 13.2 Å². The molecule has 0 aromatic heterocycles. The second-order valence-corrected chi connectivity index (χ2v) is 4.10. The molecule has 3 nitrogen and oxygen atoms in total. The smallest absolute Gasteiger partial charge is 0.203 e. The number of halogens is 3. The number of Topliss-reactive ketones (excluding diaryl/α,β-unsaturated/α-hetero) is 1. The Morgan fingerprint density at radius 2 is 1.79 bits per heavy atom. The molecule has 0 fully saturated rings. The molecular formula is C13H16F3NO2. The first-order chi connectivity index (χ1) is 9.06. The maximum atomic E-state index is 13.2. The summed E-state index contributed by atoms with van der Waals surface area (Å²) in [6.07, 6.45) is 2.53. The van der Waals surface area contributed by atoms with E-state index >= 15 is 0 Å². The molecule has 19 heavy (non-hydrogen) atoms. The van der Waals surface area contributed by atoms with Crippen molar-refractivity contribution >= 4 is 5.78 Å². The van der Waals surface area contributed by atoms with Crippen molar-refractivity contribution in [1.82, 2.24) is 0 Å². The molecule has 1 aromatic rings. The Morgan fingerprint density at radius 1 is 1.11 bits per heavy atom. The van der Waals surface area contributed by atoms with Crippen LogP contribution < -0.4 is 10.5 Å².